The summed E-state index contributed by atoms with van der Waals surface area (Å²) in [5.41, 5.74) is 5.62. The van der Waals surface area contributed by atoms with E-state index in [9.17, 15) is 0 Å². The number of rotatable bonds is 12. The molecule has 0 spiro atoms. The van der Waals surface area contributed by atoms with Crippen molar-refractivity contribution in [1.82, 2.24) is 15.0 Å². The van der Waals surface area contributed by atoms with Crippen LogP contribution in [-0.2, 0) is 6.42 Å². The monoisotopic (exact) mass is 349 g/mol. The van der Waals surface area contributed by atoms with Crippen LogP contribution in [0.4, 0.5) is 0 Å². The minimum atomic E-state index is -0.00791. The van der Waals surface area contributed by atoms with Gasteiger partial charge >= 0.3 is 0 Å². The Labute approximate surface area is 152 Å². The van der Waals surface area contributed by atoms with Crippen LogP contribution in [0.1, 0.15) is 102 Å². The number of likely N-dealkylation sites (tertiary alicyclic amines) is 1. The van der Waals surface area contributed by atoms with Gasteiger partial charge in [-0.25, -0.2) is 0 Å². The number of aromatic nitrogens is 2. The second-order valence-corrected chi connectivity index (χ2v) is 7.22. The molecule has 1 unspecified atom stereocenters. The second kappa shape index (κ2) is 11.1. The first-order chi connectivity index (χ1) is 12.2. The fourth-order valence-corrected chi connectivity index (χ4v) is 3.59. The Balaban J connectivity index is 1.57. The SMILES string of the molecule is CCCCCCCCCCCCc1noc(C2CCCN2C(=N)N)n1. The van der Waals surface area contributed by atoms with E-state index in [-0.39, 0.29) is 12.0 Å². The van der Waals surface area contributed by atoms with Gasteiger partial charge in [0.1, 0.15) is 6.04 Å². The van der Waals surface area contributed by atoms with E-state index < -0.39 is 0 Å². The van der Waals surface area contributed by atoms with Gasteiger partial charge in [0, 0.05) is 13.0 Å². The number of hydrogen-bond acceptors (Lipinski definition) is 4. The molecule has 0 bridgehead atoms. The second-order valence-electron chi connectivity index (χ2n) is 7.22. The highest BCUT2D eigenvalue weighted by Crippen LogP contribution is 2.30. The molecule has 0 aromatic carbocycles. The Bertz CT molecular complexity index is 502. The minimum Gasteiger partial charge on any atom is -0.370 e. The molecule has 0 radical (unpaired) electrons. The highest BCUT2D eigenvalue weighted by molar-refractivity contribution is 5.75. The van der Waals surface area contributed by atoms with E-state index in [1.807, 2.05) is 4.90 Å². The molecule has 25 heavy (non-hydrogen) atoms. The Morgan fingerprint density at radius 3 is 2.40 bits per heavy atom. The fraction of sp³-hybridized carbons (Fsp3) is 0.842. The summed E-state index contributed by atoms with van der Waals surface area (Å²) in [7, 11) is 0. The largest absolute Gasteiger partial charge is 0.370 e. The molecule has 2 heterocycles. The number of guanidine groups is 1. The van der Waals surface area contributed by atoms with Crippen LogP contribution in [0.3, 0.4) is 0 Å². The quantitative estimate of drug-likeness (QED) is 0.328. The van der Waals surface area contributed by atoms with Crippen LogP contribution in [0.5, 0.6) is 0 Å². The Kier molecular flexibility index (Phi) is 8.77. The number of nitrogens with two attached hydrogens (primary N) is 1. The lowest BCUT2D eigenvalue weighted by Crippen LogP contribution is -2.35. The highest BCUT2D eigenvalue weighted by atomic mass is 16.5. The van der Waals surface area contributed by atoms with Crippen LogP contribution in [0.2, 0.25) is 0 Å². The van der Waals surface area contributed by atoms with Crippen LogP contribution in [0, 0.1) is 5.41 Å². The third-order valence-electron chi connectivity index (χ3n) is 5.09. The molecular weight excluding hydrogens is 314 g/mol. The standard InChI is InChI=1S/C19H35N5O/c1-2-3-4-5-6-7-8-9-10-11-14-17-22-18(25-23-17)16-13-12-15-24(16)19(20)21/h16H,2-15H2,1H3,(H3,20,21). The van der Waals surface area contributed by atoms with Gasteiger partial charge in [0.2, 0.25) is 5.89 Å². The Hall–Kier alpha value is -1.59. The van der Waals surface area contributed by atoms with Crippen molar-refractivity contribution < 1.29 is 4.52 Å². The van der Waals surface area contributed by atoms with Gasteiger partial charge in [-0.05, 0) is 19.3 Å². The molecule has 1 atom stereocenters. The average Bonchev–Trinajstić information content (AvgIpc) is 3.25. The Morgan fingerprint density at radius 2 is 1.76 bits per heavy atom. The van der Waals surface area contributed by atoms with E-state index in [4.69, 9.17) is 15.7 Å². The van der Waals surface area contributed by atoms with Crippen molar-refractivity contribution in [2.24, 2.45) is 5.73 Å². The number of nitrogens with zero attached hydrogens (tertiary/aromatic N) is 3. The van der Waals surface area contributed by atoms with Gasteiger partial charge in [-0.15, -0.1) is 0 Å². The van der Waals surface area contributed by atoms with Crippen LogP contribution in [0.15, 0.2) is 4.52 Å². The predicted molar refractivity (Wildman–Crippen MR) is 100 cm³/mol. The van der Waals surface area contributed by atoms with Gasteiger partial charge in [0.25, 0.3) is 0 Å². The van der Waals surface area contributed by atoms with Gasteiger partial charge in [0.05, 0.1) is 0 Å². The van der Waals surface area contributed by atoms with Gasteiger partial charge in [-0.3, -0.25) is 5.41 Å². The van der Waals surface area contributed by atoms with Gasteiger partial charge in [-0.1, -0.05) is 69.9 Å². The van der Waals surface area contributed by atoms with Crippen molar-refractivity contribution in [3.8, 4) is 0 Å². The van der Waals surface area contributed by atoms with Crippen molar-refractivity contribution in [3.05, 3.63) is 11.7 Å². The fourth-order valence-electron chi connectivity index (χ4n) is 3.59. The van der Waals surface area contributed by atoms with E-state index in [0.717, 1.165) is 38.1 Å². The van der Waals surface area contributed by atoms with E-state index >= 15 is 0 Å². The lowest BCUT2D eigenvalue weighted by atomic mass is 10.1. The first-order valence-corrected chi connectivity index (χ1v) is 10.2. The van der Waals surface area contributed by atoms with Crippen molar-refractivity contribution in [3.63, 3.8) is 0 Å². The normalized spacial score (nSPS) is 17.3. The number of nitrogens with one attached hydrogen (secondary N) is 1. The summed E-state index contributed by atoms with van der Waals surface area (Å²) in [5, 5.41) is 11.7. The van der Waals surface area contributed by atoms with E-state index in [1.54, 1.807) is 0 Å². The predicted octanol–water partition coefficient (Wildman–Crippen LogP) is 4.56. The molecule has 0 aliphatic carbocycles. The summed E-state index contributed by atoms with van der Waals surface area (Å²) < 4.78 is 5.42. The van der Waals surface area contributed by atoms with Crippen molar-refractivity contribution >= 4 is 5.96 Å². The molecule has 1 aromatic heterocycles. The molecule has 2 rings (SSSR count). The lowest BCUT2D eigenvalue weighted by molar-refractivity contribution is 0.282. The maximum Gasteiger partial charge on any atom is 0.249 e. The third kappa shape index (κ3) is 6.67. The van der Waals surface area contributed by atoms with E-state index in [0.29, 0.717) is 5.89 Å². The van der Waals surface area contributed by atoms with Gasteiger partial charge in [-0.2, -0.15) is 4.98 Å². The smallest absolute Gasteiger partial charge is 0.249 e. The molecule has 6 nitrogen and oxygen atoms in total. The maximum atomic E-state index is 7.63. The van der Waals surface area contributed by atoms with E-state index in [1.165, 1.54) is 57.8 Å². The summed E-state index contributed by atoms with van der Waals surface area (Å²) >= 11 is 0. The van der Waals surface area contributed by atoms with Crippen LogP contribution >= 0.6 is 0 Å². The van der Waals surface area contributed by atoms with Crippen LogP contribution < -0.4 is 5.73 Å². The summed E-state index contributed by atoms with van der Waals surface area (Å²) in [6.07, 6.45) is 16.1. The zero-order valence-corrected chi connectivity index (χ0v) is 15.8. The lowest BCUT2D eigenvalue weighted by Gasteiger charge is -2.21. The maximum absolute atomic E-state index is 7.63. The van der Waals surface area contributed by atoms with Crippen LogP contribution in [0.25, 0.3) is 0 Å². The third-order valence-corrected chi connectivity index (χ3v) is 5.09. The van der Waals surface area contributed by atoms with Crippen molar-refractivity contribution in [2.75, 3.05) is 6.54 Å². The van der Waals surface area contributed by atoms with E-state index in [2.05, 4.69) is 17.1 Å². The number of hydrogen-bond donors (Lipinski definition) is 2. The first kappa shape index (κ1) is 19.7. The summed E-state index contributed by atoms with van der Waals surface area (Å²) in [6.45, 7) is 3.07. The molecular formula is C19H35N5O. The van der Waals surface area contributed by atoms with Crippen molar-refractivity contribution in [2.45, 2.75) is 96.4 Å². The minimum absolute atomic E-state index is 0.00791. The Morgan fingerprint density at radius 1 is 1.12 bits per heavy atom. The first-order valence-electron chi connectivity index (χ1n) is 10.2. The number of aryl methyl sites for hydroxylation is 1. The molecule has 1 saturated heterocycles. The topological polar surface area (TPSA) is 92.0 Å². The molecule has 142 valence electrons. The van der Waals surface area contributed by atoms with Crippen molar-refractivity contribution in [1.29, 1.82) is 5.41 Å². The molecule has 1 aliphatic rings. The highest BCUT2D eigenvalue weighted by Gasteiger charge is 2.31. The summed E-state index contributed by atoms with van der Waals surface area (Å²) in [4.78, 5) is 6.37. The molecule has 0 saturated carbocycles. The molecule has 1 fully saturated rings. The molecule has 6 heteroatoms. The molecule has 0 amide bonds. The summed E-state index contributed by atoms with van der Waals surface area (Å²) in [5.74, 6) is 1.51. The average molecular weight is 350 g/mol. The van der Waals surface area contributed by atoms with Gasteiger partial charge < -0.3 is 15.2 Å². The molecule has 3 N–H and O–H groups in total. The number of unbranched alkanes of at least 4 members (excludes halogenated alkanes) is 9. The molecule has 1 aliphatic heterocycles. The summed E-state index contributed by atoms with van der Waals surface area (Å²) in [6, 6.07) is -0.00791. The molecule has 1 aromatic rings. The zero-order valence-electron chi connectivity index (χ0n) is 15.8. The zero-order chi connectivity index (χ0) is 17.9. The van der Waals surface area contributed by atoms with Crippen LogP contribution in [-0.4, -0.2) is 27.5 Å². The van der Waals surface area contributed by atoms with Gasteiger partial charge in [0.15, 0.2) is 11.8 Å².